The number of aldehydes is 1. The molecule has 0 bridgehead atoms. The van der Waals surface area contributed by atoms with E-state index in [2.05, 4.69) is 6.92 Å². The zero-order valence-electron chi connectivity index (χ0n) is 5.76. The van der Waals surface area contributed by atoms with Gasteiger partial charge in [-0.15, -0.1) is 0 Å². The van der Waals surface area contributed by atoms with Gasteiger partial charge >= 0.3 is 0 Å². The van der Waals surface area contributed by atoms with Crippen LogP contribution in [0.5, 0.6) is 0 Å². The second-order valence-corrected chi connectivity index (χ2v) is 2.78. The Morgan fingerprint density at radius 1 is 1.70 bits per heavy atom. The van der Waals surface area contributed by atoms with E-state index in [-0.39, 0.29) is 7.43 Å². The van der Waals surface area contributed by atoms with Gasteiger partial charge in [-0.05, 0) is 30.8 Å². The molecular formula is C9H16O. The van der Waals surface area contributed by atoms with E-state index in [1.54, 1.807) is 0 Å². The third-order valence-corrected chi connectivity index (χ3v) is 1.80. The van der Waals surface area contributed by atoms with E-state index in [0.717, 1.165) is 30.6 Å². The molecular weight excluding hydrogens is 124 g/mol. The molecule has 1 heteroatoms. The Morgan fingerprint density at radius 3 is 2.80 bits per heavy atom. The predicted molar refractivity (Wildman–Crippen MR) is 43.9 cm³/mol. The number of hydrogen-bond donors (Lipinski definition) is 0. The van der Waals surface area contributed by atoms with Crippen molar-refractivity contribution >= 4 is 6.29 Å². The van der Waals surface area contributed by atoms with E-state index in [1.807, 2.05) is 6.08 Å². The molecule has 0 saturated carbocycles. The average molecular weight is 140 g/mol. The average Bonchev–Trinajstić information content (AvgIpc) is 1.88. The molecule has 0 radical (unpaired) electrons. The summed E-state index contributed by atoms with van der Waals surface area (Å²) in [5, 5.41) is 0. The Morgan fingerprint density at radius 2 is 2.40 bits per heavy atom. The van der Waals surface area contributed by atoms with Crippen LogP contribution in [0.4, 0.5) is 0 Å². The molecule has 0 N–H and O–H groups in total. The highest BCUT2D eigenvalue weighted by molar-refractivity contribution is 5.73. The van der Waals surface area contributed by atoms with Gasteiger partial charge < -0.3 is 0 Å². The van der Waals surface area contributed by atoms with Crippen LogP contribution in [0.25, 0.3) is 0 Å². The third-order valence-electron chi connectivity index (χ3n) is 1.80. The normalized spacial score (nSPS) is 24.5. The van der Waals surface area contributed by atoms with Crippen molar-refractivity contribution in [2.75, 3.05) is 0 Å². The van der Waals surface area contributed by atoms with Gasteiger partial charge in [0.25, 0.3) is 0 Å². The van der Waals surface area contributed by atoms with Crippen molar-refractivity contribution < 1.29 is 4.79 Å². The summed E-state index contributed by atoms with van der Waals surface area (Å²) in [6.07, 6.45) is 6.36. The topological polar surface area (TPSA) is 17.1 Å². The van der Waals surface area contributed by atoms with Gasteiger partial charge in [-0.1, -0.05) is 20.4 Å². The van der Waals surface area contributed by atoms with Crippen LogP contribution in [-0.2, 0) is 4.79 Å². The molecule has 1 unspecified atom stereocenters. The van der Waals surface area contributed by atoms with Crippen LogP contribution in [0.3, 0.4) is 0 Å². The summed E-state index contributed by atoms with van der Waals surface area (Å²) in [6.45, 7) is 2.19. The van der Waals surface area contributed by atoms with Gasteiger partial charge in [0.15, 0.2) is 0 Å². The molecule has 0 saturated heterocycles. The summed E-state index contributed by atoms with van der Waals surface area (Å²) < 4.78 is 0. The fourth-order valence-electron chi connectivity index (χ4n) is 1.24. The second kappa shape index (κ2) is 4.26. The van der Waals surface area contributed by atoms with Crippen molar-refractivity contribution in [2.24, 2.45) is 5.92 Å². The van der Waals surface area contributed by atoms with Crippen molar-refractivity contribution in [3.8, 4) is 0 Å². The van der Waals surface area contributed by atoms with Gasteiger partial charge in [0.05, 0.1) is 0 Å². The van der Waals surface area contributed by atoms with E-state index in [0.29, 0.717) is 0 Å². The molecule has 10 heavy (non-hydrogen) atoms. The predicted octanol–water partition coefficient (Wildman–Crippen LogP) is 2.57. The fourth-order valence-corrected chi connectivity index (χ4v) is 1.24. The van der Waals surface area contributed by atoms with E-state index in [1.165, 1.54) is 6.42 Å². The minimum Gasteiger partial charge on any atom is -0.298 e. The van der Waals surface area contributed by atoms with Crippen molar-refractivity contribution in [1.29, 1.82) is 0 Å². The van der Waals surface area contributed by atoms with Gasteiger partial charge in [0.1, 0.15) is 6.29 Å². The first-order valence-electron chi connectivity index (χ1n) is 3.47. The molecule has 0 aliphatic heterocycles. The Balaban J connectivity index is 0.000000810. The number of carbonyl (C=O) groups is 1. The summed E-state index contributed by atoms with van der Waals surface area (Å²) in [5.41, 5.74) is 0.994. The van der Waals surface area contributed by atoms with E-state index in [4.69, 9.17) is 0 Å². The highest BCUT2D eigenvalue weighted by atomic mass is 16.1. The van der Waals surface area contributed by atoms with Crippen LogP contribution in [0, 0.1) is 5.92 Å². The molecule has 1 nitrogen and oxygen atoms in total. The van der Waals surface area contributed by atoms with E-state index < -0.39 is 0 Å². The Bertz CT molecular complexity index is 136. The van der Waals surface area contributed by atoms with Gasteiger partial charge in [-0.2, -0.15) is 0 Å². The number of allylic oxidation sites excluding steroid dienone is 2. The molecule has 0 fully saturated rings. The SMILES string of the molecule is C.CC1CCC=C(C=O)C1. The van der Waals surface area contributed by atoms with Crippen LogP contribution < -0.4 is 0 Å². The Kier molecular flexibility index (Phi) is 4.01. The Labute approximate surface area is 63.1 Å². The minimum atomic E-state index is 0. The summed E-state index contributed by atoms with van der Waals surface area (Å²) >= 11 is 0. The first-order chi connectivity index (χ1) is 4.33. The summed E-state index contributed by atoms with van der Waals surface area (Å²) in [6, 6.07) is 0. The summed E-state index contributed by atoms with van der Waals surface area (Å²) in [5.74, 6) is 0.718. The summed E-state index contributed by atoms with van der Waals surface area (Å²) in [4.78, 5) is 10.2. The lowest BCUT2D eigenvalue weighted by Crippen LogP contribution is -2.02. The zero-order chi connectivity index (χ0) is 6.69. The lowest BCUT2D eigenvalue weighted by Gasteiger charge is -2.14. The van der Waals surface area contributed by atoms with Gasteiger partial charge in [-0.25, -0.2) is 0 Å². The van der Waals surface area contributed by atoms with Crippen LogP contribution in [0.2, 0.25) is 0 Å². The summed E-state index contributed by atoms with van der Waals surface area (Å²) in [7, 11) is 0. The minimum absolute atomic E-state index is 0. The number of rotatable bonds is 1. The van der Waals surface area contributed by atoms with Crippen LogP contribution in [-0.4, -0.2) is 6.29 Å². The van der Waals surface area contributed by atoms with Crippen molar-refractivity contribution in [3.05, 3.63) is 11.6 Å². The monoisotopic (exact) mass is 140 g/mol. The van der Waals surface area contributed by atoms with Crippen molar-refractivity contribution in [2.45, 2.75) is 33.6 Å². The molecule has 1 atom stereocenters. The molecule has 58 valence electrons. The highest BCUT2D eigenvalue weighted by Gasteiger charge is 2.08. The van der Waals surface area contributed by atoms with Crippen molar-refractivity contribution in [3.63, 3.8) is 0 Å². The molecule has 0 aromatic rings. The van der Waals surface area contributed by atoms with Gasteiger partial charge in [0.2, 0.25) is 0 Å². The van der Waals surface area contributed by atoms with E-state index >= 15 is 0 Å². The lowest BCUT2D eigenvalue weighted by atomic mass is 9.91. The largest absolute Gasteiger partial charge is 0.298 e. The smallest absolute Gasteiger partial charge is 0.145 e. The zero-order valence-corrected chi connectivity index (χ0v) is 5.76. The van der Waals surface area contributed by atoms with Gasteiger partial charge in [0, 0.05) is 0 Å². The quantitative estimate of drug-likeness (QED) is 0.511. The third kappa shape index (κ3) is 2.34. The molecule has 0 amide bonds. The number of hydrogen-bond acceptors (Lipinski definition) is 1. The first kappa shape index (κ1) is 9.41. The maximum absolute atomic E-state index is 10.2. The maximum Gasteiger partial charge on any atom is 0.145 e. The molecule has 0 aromatic heterocycles. The molecule has 0 aromatic carbocycles. The first-order valence-corrected chi connectivity index (χ1v) is 3.47. The molecule has 0 spiro atoms. The fraction of sp³-hybridized carbons (Fsp3) is 0.667. The molecule has 1 aliphatic rings. The Hall–Kier alpha value is -0.590. The second-order valence-electron chi connectivity index (χ2n) is 2.78. The standard InChI is InChI=1S/C8H12O.CH4/c1-7-3-2-4-8(5-7)6-9;/h4,6-7H,2-3,5H2,1H3;1H4. The van der Waals surface area contributed by atoms with Crippen LogP contribution in [0.1, 0.15) is 33.6 Å². The maximum atomic E-state index is 10.2. The van der Waals surface area contributed by atoms with E-state index in [9.17, 15) is 4.79 Å². The number of carbonyl (C=O) groups excluding carboxylic acids is 1. The molecule has 1 aliphatic carbocycles. The molecule has 1 rings (SSSR count). The van der Waals surface area contributed by atoms with Crippen LogP contribution in [0.15, 0.2) is 11.6 Å². The highest BCUT2D eigenvalue weighted by Crippen LogP contribution is 2.21. The van der Waals surface area contributed by atoms with Crippen LogP contribution >= 0.6 is 0 Å². The molecule has 0 heterocycles. The van der Waals surface area contributed by atoms with Crippen molar-refractivity contribution in [1.82, 2.24) is 0 Å². The van der Waals surface area contributed by atoms with Gasteiger partial charge in [-0.3, -0.25) is 4.79 Å². The lowest BCUT2D eigenvalue weighted by molar-refractivity contribution is -0.105.